The molecule has 0 radical (unpaired) electrons. The van der Waals surface area contributed by atoms with Crippen LogP contribution in [0.5, 0.6) is 0 Å². The first-order chi connectivity index (χ1) is 14.6. The van der Waals surface area contributed by atoms with Crippen molar-refractivity contribution in [3.05, 3.63) is 24.0 Å². The van der Waals surface area contributed by atoms with Crippen LogP contribution in [0, 0.1) is 10.8 Å². The van der Waals surface area contributed by atoms with Crippen LogP contribution in [-0.2, 0) is 39.2 Å². The number of hydrogen-bond donors (Lipinski definition) is 1. The molecular formula is C19H31N4O8P. The molecule has 0 spiro atoms. The minimum Gasteiger partial charge on any atom is -0.438 e. The zero-order valence-electron chi connectivity index (χ0n) is 19.2. The molecule has 0 fully saturated rings. The second-order valence-electron chi connectivity index (χ2n) is 8.81. The first kappa shape index (κ1) is 27.5. The summed E-state index contributed by atoms with van der Waals surface area (Å²) < 4.78 is 34.7. The molecule has 1 rings (SSSR count). The third kappa shape index (κ3) is 9.71. The van der Waals surface area contributed by atoms with E-state index in [2.05, 4.69) is 10.3 Å². The molecule has 0 bridgehead atoms. The highest BCUT2D eigenvalue weighted by Gasteiger charge is 2.29. The highest BCUT2D eigenvalue weighted by Crippen LogP contribution is 2.48. The van der Waals surface area contributed by atoms with Gasteiger partial charge in [0, 0.05) is 0 Å². The van der Waals surface area contributed by atoms with Crippen LogP contribution in [-0.4, -0.2) is 52.6 Å². The molecule has 1 amide bonds. The molecular weight excluding hydrogens is 443 g/mol. The van der Waals surface area contributed by atoms with E-state index in [4.69, 9.17) is 24.3 Å². The van der Waals surface area contributed by atoms with Crippen LogP contribution < -0.4 is 5.73 Å². The molecule has 0 atom stereocenters. The Bertz CT molecular complexity index is 847. The molecule has 0 saturated carbocycles. The summed E-state index contributed by atoms with van der Waals surface area (Å²) >= 11 is 0. The first-order valence-electron chi connectivity index (χ1n) is 9.71. The van der Waals surface area contributed by atoms with Gasteiger partial charge in [0.2, 0.25) is 13.6 Å². The van der Waals surface area contributed by atoms with Crippen LogP contribution in [0.25, 0.3) is 0 Å². The van der Waals surface area contributed by atoms with Crippen molar-refractivity contribution in [2.24, 2.45) is 16.6 Å². The lowest BCUT2D eigenvalue weighted by Crippen LogP contribution is -2.25. The number of aromatic nitrogens is 3. The van der Waals surface area contributed by atoms with Crippen LogP contribution in [0.4, 0.5) is 0 Å². The van der Waals surface area contributed by atoms with E-state index in [0.717, 1.165) is 0 Å². The van der Waals surface area contributed by atoms with Gasteiger partial charge in [0.25, 0.3) is 5.91 Å². The number of rotatable bonds is 11. The zero-order chi connectivity index (χ0) is 24.6. The Balaban J connectivity index is 2.72. The topological polar surface area (TPSA) is 162 Å². The summed E-state index contributed by atoms with van der Waals surface area (Å²) in [5, 5.41) is 7.32. The number of amides is 1. The van der Waals surface area contributed by atoms with Crippen LogP contribution in [0.1, 0.15) is 52.0 Å². The van der Waals surface area contributed by atoms with Gasteiger partial charge in [-0.2, -0.15) is 0 Å². The first-order valence-corrected chi connectivity index (χ1v) is 11.4. The largest absolute Gasteiger partial charge is 0.438 e. The van der Waals surface area contributed by atoms with Crippen LogP contribution in [0.3, 0.4) is 0 Å². The van der Waals surface area contributed by atoms with Crippen LogP contribution in [0.2, 0.25) is 0 Å². The Kier molecular flexibility index (Phi) is 9.74. The molecule has 13 heteroatoms. The highest BCUT2D eigenvalue weighted by atomic mass is 31.2. The fraction of sp³-hybridized carbons (Fsp3) is 0.632. The number of esters is 2. The Morgan fingerprint density at radius 3 is 1.91 bits per heavy atom. The molecule has 0 unspecified atom stereocenters. The Morgan fingerprint density at radius 2 is 1.50 bits per heavy atom. The molecule has 2 N–H and O–H groups in total. The number of nitrogens with zero attached hydrogens (tertiary/aromatic N) is 3. The lowest BCUT2D eigenvalue weighted by Gasteiger charge is -2.21. The standard InChI is InChI=1S/C19H31N4O8P/c1-18(2,3)16(25)28-12-30-32(27,31-13-29-17(26)19(4,5)6)10-8-7-9-23-11-14(15(20)24)21-22-23/h7-8,11H,9-10,12-13H2,1-6H3,(H2,20,24)/b8-7+. The lowest BCUT2D eigenvalue weighted by atomic mass is 9.98. The van der Waals surface area contributed by atoms with Crippen molar-refractivity contribution >= 4 is 25.4 Å². The van der Waals surface area contributed by atoms with Crippen LogP contribution in [0.15, 0.2) is 18.3 Å². The minimum absolute atomic E-state index is 0.0112. The molecule has 1 aromatic rings. The Hall–Kier alpha value is -2.56. The molecule has 1 aromatic heterocycles. The SMILES string of the molecule is CC(C)(C)C(=O)OCOP(=O)(C/C=C/Cn1cc(C(N)=O)nn1)OCOC(=O)C(C)(C)C. The number of carbonyl (C=O) groups is 3. The van der Waals surface area contributed by atoms with Crippen molar-refractivity contribution in [2.45, 2.75) is 48.1 Å². The molecule has 0 aliphatic heterocycles. The summed E-state index contributed by atoms with van der Waals surface area (Å²) in [5.41, 5.74) is 3.59. The quantitative estimate of drug-likeness (QED) is 0.218. The van der Waals surface area contributed by atoms with Gasteiger partial charge in [-0.05, 0) is 41.5 Å². The molecule has 12 nitrogen and oxygen atoms in total. The molecule has 32 heavy (non-hydrogen) atoms. The fourth-order valence-corrected chi connectivity index (χ4v) is 2.90. The Morgan fingerprint density at radius 1 is 1.00 bits per heavy atom. The van der Waals surface area contributed by atoms with E-state index in [1.165, 1.54) is 17.0 Å². The third-order valence-corrected chi connectivity index (χ3v) is 5.34. The number of nitrogens with two attached hydrogens (primary N) is 1. The normalized spacial score (nSPS) is 12.7. The summed E-state index contributed by atoms with van der Waals surface area (Å²) in [4.78, 5) is 34.8. The van der Waals surface area contributed by atoms with Crippen molar-refractivity contribution in [1.29, 1.82) is 0 Å². The van der Waals surface area contributed by atoms with E-state index < -0.39 is 49.9 Å². The molecule has 0 aliphatic rings. The van der Waals surface area contributed by atoms with Gasteiger partial charge in [-0.25, -0.2) is 4.68 Å². The summed E-state index contributed by atoms with van der Waals surface area (Å²) in [6, 6.07) is 0. The van der Waals surface area contributed by atoms with E-state index in [1.54, 1.807) is 47.6 Å². The van der Waals surface area contributed by atoms with Gasteiger partial charge >= 0.3 is 19.5 Å². The van der Waals surface area contributed by atoms with Gasteiger partial charge in [0.15, 0.2) is 5.69 Å². The second-order valence-corrected chi connectivity index (χ2v) is 10.9. The van der Waals surface area contributed by atoms with Crippen LogP contribution >= 0.6 is 7.60 Å². The zero-order valence-corrected chi connectivity index (χ0v) is 20.1. The summed E-state index contributed by atoms with van der Waals surface area (Å²) in [7, 11) is -3.83. The van der Waals surface area contributed by atoms with Crippen molar-refractivity contribution in [1.82, 2.24) is 15.0 Å². The average molecular weight is 474 g/mol. The minimum atomic E-state index is -3.83. The predicted molar refractivity (Wildman–Crippen MR) is 113 cm³/mol. The second kappa shape index (κ2) is 11.3. The van der Waals surface area contributed by atoms with Gasteiger partial charge in [-0.1, -0.05) is 17.4 Å². The molecule has 0 aliphatic carbocycles. The number of hydrogen-bond acceptors (Lipinski definition) is 10. The summed E-state index contributed by atoms with van der Waals surface area (Å²) in [6.07, 6.45) is 4.23. The fourth-order valence-electron chi connectivity index (χ4n) is 1.78. The van der Waals surface area contributed by atoms with Crippen molar-refractivity contribution in [3.63, 3.8) is 0 Å². The lowest BCUT2D eigenvalue weighted by molar-refractivity contribution is -0.161. The maximum Gasteiger partial charge on any atom is 0.340 e. The van der Waals surface area contributed by atoms with E-state index in [0.29, 0.717) is 0 Å². The highest BCUT2D eigenvalue weighted by molar-refractivity contribution is 7.54. The van der Waals surface area contributed by atoms with E-state index in [1.807, 2.05) is 0 Å². The monoisotopic (exact) mass is 474 g/mol. The van der Waals surface area contributed by atoms with Crippen molar-refractivity contribution in [2.75, 3.05) is 19.7 Å². The van der Waals surface area contributed by atoms with E-state index >= 15 is 0 Å². The van der Waals surface area contributed by atoms with Crippen molar-refractivity contribution in [3.8, 4) is 0 Å². The van der Waals surface area contributed by atoms with Gasteiger partial charge in [0.05, 0.1) is 29.7 Å². The van der Waals surface area contributed by atoms with E-state index in [9.17, 15) is 18.9 Å². The average Bonchev–Trinajstić information content (AvgIpc) is 3.13. The van der Waals surface area contributed by atoms with E-state index in [-0.39, 0.29) is 18.4 Å². The molecule has 0 aromatic carbocycles. The number of allylic oxidation sites excluding steroid dienone is 2. The van der Waals surface area contributed by atoms with Gasteiger partial charge in [0.1, 0.15) is 0 Å². The number of ether oxygens (including phenoxy) is 2. The summed E-state index contributed by atoms with van der Waals surface area (Å²) in [5.74, 6) is -1.80. The molecule has 1 heterocycles. The Labute approximate surface area is 186 Å². The van der Waals surface area contributed by atoms with Gasteiger partial charge < -0.3 is 15.2 Å². The van der Waals surface area contributed by atoms with Crippen molar-refractivity contribution < 1.29 is 37.5 Å². The van der Waals surface area contributed by atoms with Gasteiger partial charge in [-0.15, -0.1) is 5.10 Å². The molecule has 0 saturated heterocycles. The smallest absolute Gasteiger partial charge is 0.340 e. The van der Waals surface area contributed by atoms with Gasteiger partial charge in [-0.3, -0.25) is 28.0 Å². The predicted octanol–water partition coefficient (Wildman–Crippen LogP) is 2.25. The number of primary amides is 1. The summed E-state index contributed by atoms with van der Waals surface area (Å²) in [6.45, 7) is 8.97. The maximum atomic E-state index is 13.0. The molecule has 180 valence electrons. The number of carbonyl (C=O) groups excluding carboxylic acids is 3. The third-order valence-electron chi connectivity index (χ3n) is 3.68. The maximum absolute atomic E-state index is 13.0.